The third-order valence-corrected chi connectivity index (χ3v) is 15.4. The normalized spacial score (nSPS) is 50.1. The Balaban J connectivity index is 1.33. The monoisotopic (exact) mass is 545 g/mol. The summed E-state index contributed by atoms with van der Waals surface area (Å²) in [6.45, 7) is 18.4. The molecule has 0 spiro atoms. The number of nitrogens with two attached hydrogens (primary N) is 1. The van der Waals surface area contributed by atoms with Crippen molar-refractivity contribution < 1.29 is 15.3 Å². The predicted octanol–water partition coefficient (Wildman–Crippen LogP) is 6.94. The number of fused-ring (bicyclic) bond motifs is 7. The highest BCUT2D eigenvalue weighted by atomic mass is 16.4. The summed E-state index contributed by atoms with van der Waals surface area (Å²) in [6.07, 6.45) is 13.8. The lowest BCUT2D eigenvalue weighted by Gasteiger charge is -2.73. The van der Waals surface area contributed by atoms with Gasteiger partial charge in [0, 0.05) is 6.54 Å². The highest BCUT2D eigenvalue weighted by Crippen LogP contribution is 2.78. The van der Waals surface area contributed by atoms with E-state index >= 15 is 0 Å². The molecule has 5 aliphatic rings. The van der Waals surface area contributed by atoms with Crippen molar-refractivity contribution in [1.29, 1.82) is 0 Å². The summed E-state index contributed by atoms with van der Waals surface area (Å²) in [5.41, 5.74) is 7.83. The summed E-state index contributed by atoms with van der Waals surface area (Å²) in [5.74, 6) is 4.61. The lowest BCUT2D eigenvalue weighted by molar-refractivity contribution is -0.241. The number of hydrogen-bond acceptors (Lipinski definition) is 4. The topological polar surface area (TPSA) is 86.7 Å². The Bertz CT molecular complexity index is 891. The second-order valence-electron chi connectivity index (χ2n) is 17.2. The first kappa shape index (κ1) is 30.3. The molecular weight excluding hydrogens is 482 g/mol. The van der Waals surface area contributed by atoms with E-state index in [0.29, 0.717) is 45.3 Å². The van der Waals surface area contributed by atoms with Crippen LogP contribution >= 0.6 is 0 Å². The molecule has 0 heterocycles. The molecule has 5 fully saturated rings. The molecule has 13 atom stereocenters. The third kappa shape index (κ3) is 4.42. The van der Waals surface area contributed by atoms with E-state index in [9.17, 15) is 15.3 Å². The quantitative estimate of drug-likeness (QED) is 0.279. The molecule has 0 saturated heterocycles. The van der Waals surface area contributed by atoms with Crippen LogP contribution in [0.15, 0.2) is 0 Å². The van der Waals surface area contributed by atoms with Crippen molar-refractivity contribution in [1.82, 2.24) is 0 Å². The molecule has 5 N–H and O–H groups in total. The van der Waals surface area contributed by atoms with Gasteiger partial charge in [0.2, 0.25) is 0 Å². The maximum absolute atomic E-state index is 10.5. The highest BCUT2D eigenvalue weighted by molar-refractivity contribution is 5.19. The van der Waals surface area contributed by atoms with Crippen molar-refractivity contribution in [2.45, 2.75) is 150 Å². The van der Waals surface area contributed by atoms with Gasteiger partial charge in [0.25, 0.3) is 0 Å². The van der Waals surface area contributed by atoms with Gasteiger partial charge in [-0.2, -0.15) is 0 Å². The molecule has 1 unspecified atom stereocenters. The van der Waals surface area contributed by atoms with E-state index in [1.807, 2.05) is 0 Å². The van der Waals surface area contributed by atoms with E-state index in [-0.39, 0.29) is 6.54 Å². The van der Waals surface area contributed by atoms with Crippen LogP contribution < -0.4 is 5.73 Å². The molecule has 5 rings (SSSR count). The first-order chi connectivity index (χ1) is 18.2. The fraction of sp³-hybridized carbons (Fsp3) is 1.00. The van der Waals surface area contributed by atoms with Crippen LogP contribution in [-0.4, -0.2) is 40.2 Å². The Morgan fingerprint density at radius 1 is 0.667 bits per heavy atom. The van der Waals surface area contributed by atoms with Gasteiger partial charge >= 0.3 is 0 Å². The third-order valence-electron chi connectivity index (χ3n) is 15.4. The summed E-state index contributed by atoms with van der Waals surface area (Å²) in [7, 11) is 0. The second kappa shape index (κ2) is 10.2. The van der Waals surface area contributed by atoms with Gasteiger partial charge in [-0.1, -0.05) is 54.9 Å². The Morgan fingerprint density at radius 3 is 1.92 bits per heavy atom. The average molecular weight is 546 g/mol. The maximum atomic E-state index is 10.5. The fourth-order valence-electron chi connectivity index (χ4n) is 13.2. The maximum Gasteiger partial charge on any atom is 0.107 e. The molecule has 0 aliphatic heterocycles. The van der Waals surface area contributed by atoms with Gasteiger partial charge < -0.3 is 21.1 Å². The molecule has 226 valence electrons. The minimum absolute atomic E-state index is 0.0195. The lowest BCUT2D eigenvalue weighted by Crippen LogP contribution is -2.65. The number of rotatable bonds is 7. The summed E-state index contributed by atoms with van der Waals surface area (Å²) in [6, 6.07) is 0. The molecular formula is C35H63NO3. The van der Waals surface area contributed by atoms with Crippen LogP contribution in [0.3, 0.4) is 0 Å². The molecule has 5 aliphatic carbocycles. The van der Waals surface area contributed by atoms with Crippen LogP contribution in [-0.2, 0) is 0 Å². The molecule has 4 heteroatoms. The van der Waals surface area contributed by atoms with E-state index in [1.165, 1.54) is 70.6 Å². The van der Waals surface area contributed by atoms with E-state index in [2.05, 4.69) is 48.5 Å². The minimum Gasteiger partial charge on any atom is -0.390 e. The second-order valence-corrected chi connectivity index (χ2v) is 17.2. The number of hydrogen-bond donors (Lipinski definition) is 4. The van der Waals surface area contributed by atoms with Crippen molar-refractivity contribution in [3.8, 4) is 0 Å². The summed E-state index contributed by atoms with van der Waals surface area (Å²) >= 11 is 0. The van der Waals surface area contributed by atoms with Gasteiger partial charge in [0.05, 0.1) is 12.2 Å². The minimum atomic E-state index is -1.14. The number of aliphatic hydroxyl groups excluding tert-OH is 3. The zero-order chi connectivity index (χ0) is 28.6. The molecule has 4 nitrogen and oxygen atoms in total. The number of aliphatic hydroxyl groups is 3. The first-order valence-electron chi connectivity index (χ1n) is 16.9. The molecule has 0 radical (unpaired) electrons. The predicted molar refractivity (Wildman–Crippen MR) is 160 cm³/mol. The zero-order valence-electron chi connectivity index (χ0n) is 26.5. The fourth-order valence-corrected chi connectivity index (χ4v) is 13.2. The standard InChI is InChI=1S/C35H63NO3/c1-22(9-10-25(37)30(39)26(38)21-36)23-13-18-32(4)24(23)14-19-34(6)28(32)11-12-29-33(5)17-8-16-31(2,3)27(33)15-20-35(29,34)7/h22-30,37-39H,8-21,36H2,1-7H3/t22?,23-,24+,25-,26+,27+,28-,29-,30-,32+,33+,34-,35-/m1/s1. The van der Waals surface area contributed by atoms with Crippen LogP contribution in [0.1, 0.15) is 132 Å². The molecule has 0 aromatic carbocycles. The molecule has 0 aromatic heterocycles. The van der Waals surface area contributed by atoms with Gasteiger partial charge in [-0.15, -0.1) is 0 Å². The van der Waals surface area contributed by atoms with Crippen molar-refractivity contribution in [3.63, 3.8) is 0 Å². The summed E-state index contributed by atoms with van der Waals surface area (Å²) < 4.78 is 0. The van der Waals surface area contributed by atoms with Crippen molar-refractivity contribution in [3.05, 3.63) is 0 Å². The van der Waals surface area contributed by atoms with Crippen molar-refractivity contribution >= 4 is 0 Å². The van der Waals surface area contributed by atoms with Crippen LogP contribution in [0.4, 0.5) is 0 Å². The SMILES string of the molecule is CC(CC[C@@H](O)[C@@H](O)[C@@H](O)CN)[C@H]1CC[C@]2(C)[C@H]3CC[C@@H]4[C@@]5(C)CCCC(C)(C)[C@@H]5CC[C@@]4(C)[C@]3(C)CC[C@@H]12. The first-order valence-corrected chi connectivity index (χ1v) is 16.9. The summed E-state index contributed by atoms with van der Waals surface area (Å²) in [5, 5.41) is 30.6. The van der Waals surface area contributed by atoms with Crippen LogP contribution in [0.2, 0.25) is 0 Å². The van der Waals surface area contributed by atoms with E-state index in [4.69, 9.17) is 5.73 Å². The highest BCUT2D eigenvalue weighted by Gasteiger charge is 2.70. The van der Waals surface area contributed by atoms with Gasteiger partial charge in [0.15, 0.2) is 0 Å². The van der Waals surface area contributed by atoms with Crippen LogP contribution in [0, 0.1) is 62.6 Å². The Morgan fingerprint density at radius 2 is 1.28 bits per heavy atom. The van der Waals surface area contributed by atoms with Gasteiger partial charge in [-0.3, -0.25) is 0 Å². The van der Waals surface area contributed by atoms with E-state index in [1.54, 1.807) is 0 Å². The molecule has 0 bridgehead atoms. The smallest absolute Gasteiger partial charge is 0.107 e. The zero-order valence-corrected chi connectivity index (χ0v) is 26.5. The molecule has 0 amide bonds. The van der Waals surface area contributed by atoms with Crippen molar-refractivity contribution in [2.75, 3.05) is 6.54 Å². The van der Waals surface area contributed by atoms with E-state index in [0.717, 1.165) is 30.1 Å². The van der Waals surface area contributed by atoms with Gasteiger partial charge in [-0.25, -0.2) is 0 Å². The van der Waals surface area contributed by atoms with Crippen molar-refractivity contribution in [2.24, 2.45) is 68.3 Å². The van der Waals surface area contributed by atoms with Gasteiger partial charge in [-0.05, 0) is 140 Å². The summed E-state index contributed by atoms with van der Waals surface area (Å²) in [4.78, 5) is 0. The van der Waals surface area contributed by atoms with Gasteiger partial charge in [0.1, 0.15) is 6.10 Å². The van der Waals surface area contributed by atoms with Crippen LogP contribution in [0.25, 0.3) is 0 Å². The Labute approximate surface area is 240 Å². The molecule has 39 heavy (non-hydrogen) atoms. The Hall–Kier alpha value is -0.160. The van der Waals surface area contributed by atoms with E-state index < -0.39 is 18.3 Å². The Kier molecular flexibility index (Phi) is 7.95. The van der Waals surface area contributed by atoms with Crippen LogP contribution in [0.5, 0.6) is 0 Å². The molecule has 5 saturated carbocycles. The molecule has 0 aromatic rings. The largest absolute Gasteiger partial charge is 0.390 e. The average Bonchev–Trinajstić information content (AvgIpc) is 3.23. The lowest BCUT2D eigenvalue weighted by atomic mass is 9.32.